The second-order valence-electron chi connectivity index (χ2n) is 4.05. The monoisotopic (exact) mass is 286 g/mol. The molecule has 0 bridgehead atoms. The van der Waals surface area contributed by atoms with E-state index in [1.54, 1.807) is 11.4 Å². The molecular weight excluding hydrogens is 268 g/mol. The van der Waals surface area contributed by atoms with Gasteiger partial charge in [-0.2, -0.15) is 0 Å². The minimum absolute atomic E-state index is 0.0364. The van der Waals surface area contributed by atoms with Crippen LogP contribution in [0, 0.1) is 0 Å². The van der Waals surface area contributed by atoms with Crippen molar-refractivity contribution in [3.05, 3.63) is 16.3 Å². The molecule has 0 saturated heterocycles. The maximum atomic E-state index is 11.7. The van der Waals surface area contributed by atoms with Gasteiger partial charge in [-0.05, 0) is 19.4 Å². The molecule has 1 rings (SSSR count). The molecule has 2 N–H and O–H groups in total. The van der Waals surface area contributed by atoms with Crippen molar-refractivity contribution in [1.82, 2.24) is 10.6 Å². The molecule has 0 aliphatic rings. The average Bonchev–Trinajstić information content (AvgIpc) is 2.75. The molecule has 1 aromatic rings. The van der Waals surface area contributed by atoms with Crippen molar-refractivity contribution in [2.24, 2.45) is 0 Å². The topological polar surface area (TPSA) is 58.2 Å². The van der Waals surface area contributed by atoms with Gasteiger partial charge in [0.2, 0.25) is 5.91 Å². The second-order valence-corrected chi connectivity index (χ2v) is 5.48. The highest BCUT2D eigenvalue weighted by Gasteiger charge is 2.09. The van der Waals surface area contributed by atoms with Gasteiger partial charge in [0, 0.05) is 29.3 Å². The molecule has 1 aromatic heterocycles. The van der Waals surface area contributed by atoms with E-state index in [1.807, 2.05) is 13.8 Å². The van der Waals surface area contributed by atoms with Crippen molar-refractivity contribution in [3.8, 4) is 0 Å². The van der Waals surface area contributed by atoms with E-state index in [0.717, 1.165) is 11.3 Å². The standard InChI is InChI=1S/C12H18N2O2S2/c1-3-8(2)14-11(15)4-5-13-12(16)10-6-9(17)7-18-10/h6-8,17H,3-5H2,1-2H3,(H,13,16)(H,14,15). The molecule has 0 aliphatic carbocycles. The Morgan fingerprint density at radius 3 is 2.78 bits per heavy atom. The highest BCUT2D eigenvalue weighted by atomic mass is 32.1. The lowest BCUT2D eigenvalue weighted by Crippen LogP contribution is -2.35. The van der Waals surface area contributed by atoms with Crippen molar-refractivity contribution in [2.75, 3.05) is 6.54 Å². The van der Waals surface area contributed by atoms with E-state index in [-0.39, 0.29) is 17.9 Å². The molecule has 0 aromatic carbocycles. The lowest BCUT2D eigenvalue weighted by molar-refractivity contribution is -0.121. The van der Waals surface area contributed by atoms with Gasteiger partial charge in [-0.25, -0.2) is 0 Å². The summed E-state index contributed by atoms with van der Waals surface area (Å²) in [4.78, 5) is 24.5. The van der Waals surface area contributed by atoms with Crippen LogP contribution in [-0.4, -0.2) is 24.4 Å². The molecule has 0 fully saturated rings. The van der Waals surface area contributed by atoms with Crippen molar-refractivity contribution in [1.29, 1.82) is 0 Å². The number of nitrogens with one attached hydrogen (secondary N) is 2. The third kappa shape index (κ3) is 5.10. The van der Waals surface area contributed by atoms with E-state index >= 15 is 0 Å². The Morgan fingerprint density at radius 2 is 2.22 bits per heavy atom. The Hall–Kier alpha value is -1.01. The summed E-state index contributed by atoms with van der Waals surface area (Å²) in [6, 6.07) is 1.89. The molecule has 18 heavy (non-hydrogen) atoms. The van der Waals surface area contributed by atoms with E-state index in [0.29, 0.717) is 17.8 Å². The number of thiophene rings is 1. The lowest BCUT2D eigenvalue weighted by Gasteiger charge is -2.11. The number of rotatable bonds is 6. The van der Waals surface area contributed by atoms with E-state index in [1.165, 1.54) is 11.3 Å². The van der Waals surface area contributed by atoms with E-state index in [4.69, 9.17) is 0 Å². The first kappa shape index (κ1) is 15.0. The Labute approximate surface area is 117 Å². The summed E-state index contributed by atoms with van der Waals surface area (Å²) >= 11 is 5.48. The maximum Gasteiger partial charge on any atom is 0.261 e. The fraction of sp³-hybridized carbons (Fsp3) is 0.500. The largest absolute Gasteiger partial charge is 0.354 e. The van der Waals surface area contributed by atoms with Crippen LogP contribution >= 0.6 is 24.0 Å². The van der Waals surface area contributed by atoms with E-state index < -0.39 is 0 Å². The highest BCUT2D eigenvalue weighted by molar-refractivity contribution is 7.80. The van der Waals surface area contributed by atoms with E-state index in [2.05, 4.69) is 23.3 Å². The Kier molecular flexibility index (Phi) is 6.21. The first-order valence-electron chi connectivity index (χ1n) is 5.88. The summed E-state index contributed by atoms with van der Waals surface area (Å²) in [6.07, 6.45) is 1.20. The molecule has 1 atom stereocenters. The highest BCUT2D eigenvalue weighted by Crippen LogP contribution is 2.17. The maximum absolute atomic E-state index is 11.7. The number of thiol groups is 1. The average molecular weight is 286 g/mol. The number of carbonyl (C=O) groups is 2. The zero-order valence-corrected chi connectivity index (χ0v) is 12.2. The minimum Gasteiger partial charge on any atom is -0.354 e. The number of carbonyl (C=O) groups excluding carboxylic acids is 2. The third-order valence-electron chi connectivity index (χ3n) is 2.47. The molecule has 4 nitrogen and oxygen atoms in total. The van der Waals surface area contributed by atoms with Crippen molar-refractivity contribution >= 4 is 35.8 Å². The van der Waals surface area contributed by atoms with Crippen LogP contribution in [0.25, 0.3) is 0 Å². The van der Waals surface area contributed by atoms with Crippen molar-refractivity contribution in [2.45, 2.75) is 37.6 Å². The predicted octanol–water partition coefficient (Wildman–Crippen LogP) is 2.07. The van der Waals surface area contributed by atoms with Gasteiger partial charge >= 0.3 is 0 Å². The molecular formula is C12H18N2O2S2. The fourth-order valence-corrected chi connectivity index (χ4v) is 2.34. The summed E-state index contributed by atoms with van der Waals surface area (Å²) in [5.41, 5.74) is 0. The first-order valence-corrected chi connectivity index (χ1v) is 7.20. The van der Waals surface area contributed by atoms with Gasteiger partial charge in [-0.3, -0.25) is 9.59 Å². The molecule has 0 radical (unpaired) electrons. The molecule has 0 saturated carbocycles. The van der Waals surface area contributed by atoms with Crippen LogP contribution in [0.3, 0.4) is 0 Å². The summed E-state index contributed by atoms with van der Waals surface area (Å²) in [6.45, 7) is 4.32. The van der Waals surface area contributed by atoms with Crippen LogP contribution in [0.1, 0.15) is 36.4 Å². The quantitative estimate of drug-likeness (QED) is 0.701. The molecule has 1 unspecified atom stereocenters. The molecule has 2 amide bonds. The number of amides is 2. The van der Waals surface area contributed by atoms with Gasteiger partial charge in [0.1, 0.15) is 0 Å². The van der Waals surface area contributed by atoms with Gasteiger partial charge in [-0.1, -0.05) is 6.92 Å². The van der Waals surface area contributed by atoms with Gasteiger partial charge in [0.05, 0.1) is 4.88 Å². The van der Waals surface area contributed by atoms with Crippen molar-refractivity contribution in [3.63, 3.8) is 0 Å². The number of hydrogen-bond donors (Lipinski definition) is 3. The number of hydrogen-bond acceptors (Lipinski definition) is 4. The Balaban J connectivity index is 2.25. The minimum atomic E-state index is -0.156. The Morgan fingerprint density at radius 1 is 1.50 bits per heavy atom. The first-order chi connectivity index (χ1) is 8.52. The van der Waals surface area contributed by atoms with Crippen LogP contribution < -0.4 is 10.6 Å². The lowest BCUT2D eigenvalue weighted by atomic mass is 10.2. The van der Waals surface area contributed by atoms with Crippen molar-refractivity contribution < 1.29 is 9.59 Å². The summed E-state index contributed by atoms with van der Waals surface area (Å²) in [5.74, 6) is -0.192. The van der Waals surface area contributed by atoms with Crippen LogP contribution in [0.4, 0.5) is 0 Å². The SMILES string of the molecule is CCC(C)NC(=O)CCNC(=O)c1cc(S)cs1. The fourth-order valence-electron chi connectivity index (χ4n) is 1.27. The molecule has 100 valence electrons. The zero-order chi connectivity index (χ0) is 13.5. The van der Waals surface area contributed by atoms with Gasteiger partial charge in [0.25, 0.3) is 5.91 Å². The van der Waals surface area contributed by atoms with Crippen LogP contribution in [0.15, 0.2) is 16.3 Å². The van der Waals surface area contributed by atoms with E-state index in [9.17, 15) is 9.59 Å². The smallest absolute Gasteiger partial charge is 0.261 e. The molecule has 0 spiro atoms. The molecule has 1 heterocycles. The van der Waals surface area contributed by atoms with Gasteiger partial charge in [-0.15, -0.1) is 24.0 Å². The zero-order valence-electron chi connectivity index (χ0n) is 10.5. The van der Waals surface area contributed by atoms with Gasteiger partial charge in [0.15, 0.2) is 0 Å². The second kappa shape index (κ2) is 7.43. The van der Waals surface area contributed by atoms with Gasteiger partial charge < -0.3 is 10.6 Å². The van der Waals surface area contributed by atoms with Crippen LogP contribution in [0.5, 0.6) is 0 Å². The van der Waals surface area contributed by atoms with Crippen LogP contribution in [0.2, 0.25) is 0 Å². The third-order valence-corrected chi connectivity index (χ3v) is 3.83. The molecule has 6 heteroatoms. The summed E-state index contributed by atoms with van der Waals surface area (Å²) in [5, 5.41) is 7.36. The Bertz CT molecular complexity index is 418. The normalized spacial score (nSPS) is 11.9. The van der Waals surface area contributed by atoms with Crippen LogP contribution in [-0.2, 0) is 4.79 Å². The summed E-state index contributed by atoms with van der Waals surface area (Å²) in [7, 11) is 0. The predicted molar refractivity (Wildman–Crippen MR) is 76.4 cm³/mol. The summed E-state index contributed by atoms with van der Waals surface area (Å²) < 4.78 is 0. The molecule has 0 aliphatic heterocycles.